The van der Waals surface area contributed by atoms with E-state index >= 15 is 0 Å². The van der Waals surface area contributed by atoms with Gasteiger partial charge in [-0.1, -0.05) is 24.3 Å². The van der Waals surface area contributed by atoms with E-state index in [1.807, 2.05) is 24.3 Å². The standard InChI is InChI=1S/C13H17NO3/c1-17-13(6-7-13)10-5-3-2-4-9(10)8-11(14)12(15)16/h2-5,11H,6-8,14H2,1H3,(H,15,16). The Balaban J connectivity index is 2.25. The summed E-state index contributed by atoms with van der Waals surface area (Å²) in [5.41, 5.74) is 7.44. The lowest BCUT2D eigenvalue weighted by atomic mass is 9.95. The van der Waals surface area contributed by atoms with Crippen molar-refractivity contribution in [1.29, 1.82) is 0 Å². The fraction of sp³-hybridized carbons (Fsp3) is 0.462. The Bertz CT molecular complexity index is 426. The van der Waals surface area contributed by atoms with Crippen LogP contribution in [0.3, 0.4) is 0 Å². The van der Waals surface area contributed by atoms with Gasteiger partial charge in [-0.05, 0) is 30.4 Å². The number of aliphatic carboxylic acids is 1. The Morgan fingerprint density at radius 3 is 2.71 bits per heavy atom. The average Bonchev–Trinajstić information content (AvgIpc) is 3.10. The molecule has 2 rings (SSSR count). The first-order chi connectivity index (χ1) is 8.09. The van der Waals surface area contributed by atoms with E-state index in [1.165, 1.54) is 0 Å². The third-order valence-electron chi connectivity index (χ3n) is 3.36. The molecule has 1 aromatic carbocycles. The van der Waals surface area contributed by atoms with Gasteiger partial charge in [0.2, 0.25) is 0 Å². The van der Waals surface area contributed by atoms with Crippen molar-refractivity contribution in [3.63, 3.8) is 0 Å². The maximum absolute atomic E-state index is 10.8. The summed E-state index contributed by atoms with van der Waals surface area (Å²) in [6, 6.07) is 6.92. The number of hydrogen-bond donors (Lipinski definition) is 2. The Morgan fingerprint density at radius 2 is 2.18 bits per heavy atom. The molecule has 1 saturated carbocycles. The molecule has 17 heavy (non-hydrogen) atoms. The third kappa shape index (κ3) is 2.33. The molecule has 1 atom stereocenters. The monoisotopic (exact) mass is 235 g/mol. The second kappa shape index (κ2) is 4.47. The van der Waals surface area contributed by atoms with E-state index in [4.69, 9.17) is 15.6 Å². The van der Waals surface area contributed by atoms with Crippen molar-refractivity contribution >= 4 is 5.97 Å². The Labute approximate surface area is 100 Å². The topological polar surface area (TPSA) is 72.5 Å². The van der Waals surface area contributed by atoms with Crippen LogP contribution >= 0.6 is 0 Å². The zero-order valence-corrected chi connectivity index (χ0v) is 9.85. The molecule has 1 aliphatic carbocycles. The maximum atomic E-state index is 10.8. The minimum Gasteiger partial charge on any atom is -0.480 e. The molecule has 0 radical (unpaired) electrons. The molecule has 0 spiro atoms. The van der Waals surface area contributed by atoms with Crippen molar-refractivity contribution in [3.05, 3.63) is 35.4 Å². The number of carbonyl (C=O) groups is 1. The Morgan fingerprint density at radius 1 is 1.53 bits per heavy atom. The summed E-state index contributed by atoms with van der Waals surface area (Å²) in [4.78, 5) is 10.8. The highest BCUT2D eigenvalue weighted by molar-refractivity contribution is 5.73. The van der Waals surface area contributed by atoms with Gasteiger partial charge in [0.15, 0.2) is 0 Å². The van der Waals surface area contributed by atoms with Crippen LogP contribution in [0, 0.1) is 0 Å². The van der Waals surface area contributed by atoms with Crippen molar-refractivity contribution in [3.8, 4) is 0 Å². The molecule has 0 aliphatic heterocycles. The van der Waals surface area contributed by atoms with Gasteiger partial charge in [0.05, 0.1) is 5.60 Å². The molecule has 0 amide bonds. The van der Waals surface area contributed by atoms with E-state index in [-0.39, 0.29) is 5.60 Å². The number of benzene rings is 1. The molecule has 0 heterocycles. The third-order valence-corrected chi connectivity index (χ3v) is 3.36. The number of ether oxygens (including phenoxy) is 1. The molecule has 0 saturated heterocycles. The first-order valence-electron chi connectivity index (χ1n) is 5.71. The van der Waals surface area contributed by atoms with Crippen LogP contribution in [0.1, 0.15) is 24.0 Å². The zero-order valence-electron chi connectivity index (χ0n) is 9.85. The molecule has 1 fully saturated rings. The lowest BCUT2D eigenvalue weighted by molar-refractivity contribution is -0.138. The second-order valence-corrected chi connectivity index (χ2v) is 4.50. The van der Waals surface area contributed by atoms with Crippen molar-refractivity contribution in [2.45, 2.75) is 30.9 Å². The number of methoxy groups -OCH3 is 1. The van der Waals surface area contributed by atoms with Gasteiger partial charge in [-0.3, -0.25) is 4.79 Å². The molecule has 4 nitrogen and oxygen atoms in total. The fourth-order valence-electron chi connectivity index (χ4n) is 2.16. The largest absolute Gasteiger partial charge is 0.480 e. The molecule has 0 aromatic heterocycles. The van der Waals surface area contributed by atoms with Gasteiger partial charge in [-0.15, -0.1) is 0 Å². The average molecular weight is 235 g/mol. The van der Waals surface area contributed by atoms with Gasteiger partial charge in [0.1, 0.15) is 6.04 Å². The number of carboxylic acid groups (broad SMARTS) is 1. The zero-order chi connectivity index (χ0) is 12.5. The van der Waals surface area contributed by atoms with E-state index in [0.717, 1.165) is 24.0 Å². The Kier molecular flexibility index (Phi) is 3.17. The molecular weight excluding hydrogens is 218 g/mol. The molecule has 1 aliphatic rings. The van der Waals surface area contributed by atoms with Crippen LogP contribution in [-0.2, 0) is 21.6 Å². The predicted molar refractivity (Wildman–Crippen MR) is 63.7 cm³/mol. The molecule has 3 N–H and O–H groups in total. The fourth-order valence-corrected chi connectivity index (χ4v) is 2.16. The van der Waals surface area contributed by atoms with Crippen molar-refractivity contribution in [2.75, 3.05) is 7.11 Å². The van der Waals surface area contributed by atoms with Crippen molar-refractivity contribution < 1.29 is 14.6 Å². The first-order valence-corrected chi connectivity index (χ1v) is 5.71. The Hall–Kier alpha value is -1.39. The number of hydrogen-bond acceptors (Lipinski definition) is 3. The van der Waals surface area contributed by atoms with Gasteiger partial charge in [-0.2, -0.15) is 0 Å². The summed E-state index contributed by atoms with van der Waals surface area (Å²) in [7, 11) is 1.70. The van der Waals surface area contributed by atoms with Gasteiger partial charge in [0.25, 0.3) is 0 Å². The normalized spacial score (nSPS) is 18.7. The molecule has 4 heteroatoms. The SMILES string of the molecule is COC1(c2ccccc2CC(N)C(=O)O)CC1. The van der Waals surface area contributed by atoms with E-state index in [0.29, 0.717) is 6.42 Å². The number of carboxylic acids is 1. The van der Waals surface area contributed by atoms with Crippen LogP contribution in [0.5, 0.6) is 0 Å². The molecule has 1 unspecified atom stereocenters. The van der Waals surface area contributed by atoms with Crippen LogP contribution in [0.4, 0.5) is 0 Å². The minimum absolute atomic E-state index is 0.200. The summed E-state index contributed by atoms with van der Waals surface area (Å²) in [5.74, 6) is -0.970. The van der Waals surface area contributed by atoms with Crippen LogP contribution in [-0.4, -0.2) is 24.2 Å². The summed E-state index contributed by atoms with van der Waals surface area (Å²) in [6.07, 6.45) is 2.32. The van der Waals surface area contributed by atoms with Gasteiger partial charge < -0.3 is 15.6 Å². The molecule has 1 aromatic rings. The summed E-state index contributed by atoms with van der Waals surface area (Å²) in [6.45, 7) is 0. The first kappa shape index (κ1) is 12.1. The van der Waals surface area contributed by atoms with E-state index < -0.39 is 12.0 Å². The van der Waals surface area contributed by atoms with Gasteiger partial charge >= 0.3 is 5.97 Å². The van der Waals surface area contributed by atoms with Gasteiger partial charge in [0, 0.05) is 7.11 Å². The highest BCUT2D eigenvalue weighted by Crippen LogP contribution is 2.49. The van der Waals surface area contributed by atoms with E-state index in [1.54, 1.807) is 7.11 Å². The van der Waals surface area contributed by atoms with Crippen LogP contribution < -0.4 is 5.73 Å². The van der Waals surface area contributed by atoms with E-state index in [9.17, 15) is 4.79 Å². The second-order valence-electron chi connectivity index (χ2n) is 4.50. The smallest absolute Gasteiger partial charge is 0.320 e. The lowest BCUT2D eigenvalue weighted by Gasteiger charge is -2.19. The van der Waals surface area contributed by atoms with Crippen LogP contribution in [0.15, 0.2) is 24.3 Å². The lowest BCUT2D eigenvalue weighted by Crippen LogP contribution is -2.33. The quantitative estimate of drug-likeness (QED) is 0.806. The van der Waals surface area contributed by atoms with Crippen LogP contribution in [0.25, 0.3) is 0 Å². The summed E-state index contributed by atoms with van der Waals surface area (Å²) in [5, 5.41) is 8.85. The van der Waals surface area contributed by atoms with Crippen molar-refractivity contribution in [2.24, 2.45) is 5.73 Å². The van der Waals surface area contributed by atoms with E-state index in [2.05, 4.69) is 0 Å². The number of nitrogens with two attached hydrogens (primary N) is 1. The highest BCUT2D eigenvalue weighted by Gasteiger charge is 2.46. The van der Waals surface area contributed by atoms with Crippen molar-refractivity contribution in [1.82, 2.24) is 0 Å². The molecule has 0 bridgehead atoms. The highest BCUT2D eigenvalue weighted by atomic mass is 16.5. The molecule has 92 valence electrons. The summed E-state index contributed by atoms with van der Waals surface area (Å²) >= 11 is 0. The predicted octanol–water partition coefficient (Wildman–Crippen LogP) is 1.28. The molecular formula is C13H17NO3. The summed E-state index contributed by atoms with van der Waals surface area (Å²) < 4.78 is 5.53. The maximum Gasteiger partial charge on any atom is 0.320 e. The number of rotatable bonds is 5. The minimum atomic E-state index is -0.970. The van der Waals surface area contributed by atoms with Crippen LogP contribution in [0.2, 0.25) is 0 Å². The van der Waals surface area contributed by atoms with Gasteiger partial charge in [-0.25, -0.2) is 0 Å².